The maximum Gasteiger partial charge on any atom is 0.300 e. The van der Waals surface area contributed by atoms with Gasteiger partial charge in [-0.3, -0.25) is 19.5 Å². The first-order chi connectivity index (χ1) is 15.7. The summed E-state index contributed by atoms with van der Waals surface area (Å²) in [4.78, 5) is 32.6. The monoisotopic (exact) mass is 442 g/mol. The summed E-state index contributed by atoms with van der Waals surface area (Å²) in [5, 5.41) is 11.5. The normalized spacial score (nSPS) is 17.5. The average Bonchev–Trinajstić information content (AvgIpc) is 3.05. The lowest BCUT2D eigenvalue weighted by atomic mass is 9.95. The highest BCUT2D eigenvalue weighted by molar-refractivity contribution is 6.51. The van der Waals surface area contributed by atoms with Gasteiger partial charge in [-0.1, -0.05) is 24.3 Å². The van der Waals surface area contributed by atoms with Crippen molar-refractivity contribution >= 4 is 23.1 Å². The van der Waals surface area contributed by atoms with E-state index >= 15 is 0 Å². The molecular formula is C27H26N2O4. The highest BCUT2D eigenvalue weighted by atomic mass is 16.5. The fraction of sp³-hybridized carbons (Fsp3) is 0.222. The summed E-state index contributed by atoms with van der Waals surface area (Å²) in [6.45, 7) is 7.58. The summed E-state index contributed by atoms with van der Waals surface area (Å²) in [7, 11) is 1.51. The lowest BCUT2D eigenvalue weighted by molar-refractivity contribution is -0.132. The maximum atomic E-state index is 13.4. The zero-order valence-corrected chi connectivity index (χ0v) is 19.3. The minimum absolute atomic E-state index is 0.0112. The number of aryl methyl sites for hydroxylation is 4. The van der Waals surface area contributed by atoms with E-state index in [4.69, 9.17) is 4.74 Å². The highest BCUT2D eigenvalue weighted by Crippen LogP contribution is 2.44. The van der Waals surface area contributed by atoms with Gasteiger partial charge in [0.2, 0.25) is 0 Å². The van der Waals surface area contributed by atoms with Crippen LogP contribution in [0.2, 0.25) is 0 Å². The second-order valence-corrected chi connectivity index (χ2v) is 8.38. The molecule has 1 N–H and O–H groups in total. The number of ether oxygens (including phenoxy) is 1. The van der Waals surface area contributed by atoms with E-state index < -0.39 is 17.7 Å². The number of aliphatic hydroxyl groups is 1. The number of carbonyl (C=O) groups excluding carboxylic acids is 2. The van der Waals surface area contributed by atoms with Crippen molar-refractivity contribution in [2.45, 2.75) is 33.7 Å². The van der Waals surface area contributed by atoms with E-state index in [1.165, 1.54) is 12.0 Å². The van der Waals surface area contributed by atoms with Crippen LogP contribution < -0.4 is 9.64 Å². The van der Waals surface area contributed by atoms with Crippen LogP contribution in [0.4, 0.5) is 5.69 Å². The molecule has 0 aliphatic carbocycles. The Bertz CT molecular complexity index is 1290. The summed E-state index contributed by atoms with van der Waals surface area (Å²) < 4.78 is 5.54. The zero-order valence-electron chi connectivity index (χ0n) is 19.3. The molecule has 0 radical (unpaired) electrons. The van der Waals surface area contributed by atoms with E-state index in [1.807, 2.05) is 52.0 Å². The number of benzene rings is 2. The first kappa shape index (κ1) is 22.3. The smallest absolute Gasteiger partial charge is 0.300 e. The third kappa shape index (κ3) is 3.78. The minimum atomic E-state index is -0.878. The van der Waals surface area contributed by atoms with Gasteiger partial charge in [0.25, 0.3) is 11.7 Å². The van der Waals surface area contributed by atoms with Crippen LogP contribution in [0.3, 0.4) is 0 Å². The molecule has 0 spiro atoms. The highest BCUT2D eigenvalue weighted by Gasteiger charge is 2.48. The first-order valence-corrected chi connectivity index (χ1v) is 10.7. The fourth-order valence-corrected chi connectivity index (χ4v) is 4.42. The molecule has 1 unspecified atom stereocenters. The maximum absolute atomic E-state index is 13.4. The van der Waals surface area contributed by atoms with Crippen molar-refractivity contribution < 1.29 is 19.4 Å². The number of pyridine rings is 1. The predicted octanol–water partition coefficient (Wildman–Crippen LogP) is 4.95. The molecule has 1 aliphatic rings. The Morgan fingerprint density at radius 3 is 2.39 bits per heavy atom. The number of carbonyl (C=O) groups is 2. The molecule has 2 aromatic carbocycles. The molecule has 0 saturated carbocycles. The van der Waals surface area contributed by atoms with E-state index in [-0.39, 0.29) is 11.3 Å². The first-order valence-electron chi connectivity index (χ1n) is 10.7. The molecule has 1 amide bonds. The lowest BCUT2D eigenvalue weighted by Crippen LogP contribution is -2.30. The number of hydrogen-bond acceptors (Lipinski definition) is 5. The summed E-state index contributed by atoms with van der Waals surface area (Å²) in [5.41, 5.74) is 4.96. The van der Waals surface area contributed by atoms with Gasteiger partial charge in [-0.25, -0.2) is 0 Å². The average molecular weight is 443 g/mol. The molecule has 1 saturated heterocycles. The second-order valence-electron chi connectivity index (χ2n) is 8.38. The van der Waals surface area contributed by atoms with Crippen LogP contribution in [0.5, 0.6) is 5.75 Å². The van der Waals surface area contributed by atoms with Gasteiger partial charge < -0.3 is 9.84 Å². The Morgan fingerprint density at radius 1 is 0.970 bits per heavy atom. The summed E-state index contributed by atoms with van der Waals surface area (Å²) in [5.74, 6) is -1.29. The molecule has 2 heterocycles. The van der Waals surface area contributed by atoms with Crippen LogP contribution in [-0.2, 0) is 9.59 Å². The van der Waals surface area contributed by atoms with Crippen molar-refractivity contribution in [2.75, 3.05) is 12.0 Å². The van der Waals surface area contributed by atoms with E-state index in [9.17, 15) is 14.7 Å². The zero-order chi connectivity index (χ0) is 23.9. The number of Topliss-reactive ketones (excluding diaryl/α,β-unsaturated/α-hetero) is 1. The van der Waals surface area contributed by atoms with Crippen LogP contribution in [0.15, 0.2) is 60.3 Å². The van der Waals surface area contributed by atoms with Gasteiger partial charge in [-0.05, 0) is 74.2 Å². The van der Waals surface area contributed by atoms with Crippen molar-refractivity contribution in [3.05, 3.63) is 93.8 Å². The Kier molecular flexibility index (Phi) is 5.77. The largest absolute Gasteiger partial charge is 0.507 e. The van der Waals surface area contributed by atoms with Crippen LogP contribution >= 0.6 is 0 Å². The minimum Gasteiger partial charge on any atom is -0.507 e. The Balaban J connectivity index is 2.03. The van der Waals surface area contributed by atoms with E-state index in [0.29, 0.717) is 22.7 Å². The molecular weight excluding hydrogens is 416 g/mol. The molecule has 0 bridgehead atoms. The number of ketones is 1. The number of nitrogens with zero attached hydrogens (tertiary/aromatic N) is 2. The van der Waals surface area contributed by atoms with Crippen LogP contribution in [0, 0.1) is 27.7 Å². The third-order valence-corrected chi connectivity index (χ3v) is 5.91. The molecule has 33 heavy (non-hydrogen) atoms. The van der Waals surface area contributed by atoms with Crippen LogP contribution in [0.1, 0.15) is 39.6 Å². The van der Waals surface area contributed by atoms with Crippen molar-refractivity contribution in [3.8, 4) is 5.75 Å². The number of anilines is 1. The standard InChI is InChI=1S/C27H26N2O4/c1-15-9-10-17(3)21(14-15)29-23(20-8-6-7-11-28-20)22(25(31)27(29)32)24(30)19-13-16(2)12-18(4)26(19)33-5/h6-14,23,30H,1-5H3/b24-22+. The van der Waals surface area contributed by atoms with Crippen LogP contribution in [0.25, 0.3) is 5.76 Å². The SMILES string of the molecule is COc1c(C)cc(C)cc1/C(O)=C1\C(=O)C(=O)N(c2cc(C)ccc2C)C1c1ccccn1. The number of aliphatic hydroxyl groups excluding tert-OH is 1. The summed E-state index contributed by atoms with van der Waals surface area (Å²) >= 11 is 0. The second kappa shape index (κ2) is 8.54. The molecule has 1 atom stereocenters. The van der Waals surface area contributed by atoms with Gasteiger partial charge in [0.1, 0.15) is 17.6 Å². The number of methoxy groups -OCH3 is 1. The fourth-order valence-electron chi connectivity index (χ4n) is 4.42. The quantitative estimate of drug-likeness (QED) is 0.351. The number of hydrogen-bond donors (Lipinski definition) is 1. The Morgan fingerprint density at radius 2 is 1.73 bits per heavy atom. The van der Waals surface area contributed by atoms with Gasteiger partial charge in [0, 0.05) is 11.9 Å². The van der Waals surface area contributed by atoms with Gasteiger partial charge >= 0.3 is 0 Å². The van der Waals surface area contributed by atoms with Gasteiger partial charge in [-0.2, -0.15) is 0 Å². The van der Waals surface area contributed by atoms with Crippen molar-refractivity contribution in [2.24, 2.45) is 0 Å². The molecule has 4 rings (SSSR count). The molecule has 6 heteroatoms. The number of amides is 1. The number of aromatic nitrogens is 1. The topological polar surface area (TPSA) is 79.7 Å². The summed E-state index contributed by atoms with van der Waals surface area (Å²) in [6, 6.07) is 13.8. The van der Waals surface area contributed by atoms with Crippen molar-refractivity contribution in [1.82, 2.24) is 4.98 Å². The molecule has 168 valence electrons. The Labute approximate surface area is 193 Å². The van der Waals surface area contributed by atoms with Crippen molar-refractivity contribution in [1.29, 1.82) is 0 Å². The molecule has 1 fully saturated rings. The van der Waals surface area contributed by atoms with Crippen LogP contribution in [-0.4, -0.2) is 28.9 Å². The van der Waals surface area contributed by atoms with E-state index in [2.05, 4.69) is 4.98 Å². The number of rotatable bonds is 4. The lowest BCUT2D eigenvalue weighted by Gasteiger charge is -2.26. The molecule has 1 aromatic heterocycles. The van der Waals surface area contributed by atoms with Gasteiger partial charge in [0.05, 0.1) is 23.9 Å². The molecule has 6 nitrogen and oxygen atoms in total. The van der Waals surface area contributed by atoms with Gasteiger partial charge in [0.15, 0.2) is 0 Å². The predicted molar refractivity (Wildman–Crippen MR) is 127 cm³/mol. The van der Waals surface area contributed by atoms with Crippen molar-refractivity contribution in [3.63, 3.8) is 0 Å². The molecule has 3 aromatic rings. The third-order valence-electron chi connectivity index (χ3n) is 5.91. The van der Waals surface area contributed by atoms with E-state index in [0.717, 1.165) is 22.3 Å². The molecule has 1 aliphatic heterocycles. The Hall–Kier alpha value is -3.93. The van der Waals surface area contributed by atoms with E-state index in [1.54, 1.807) is 30.5 Å². The van der Waals surface area contributed by atoms with Gasteiger partial charge in [-0.15, -0.1) is 0 Å². The summed E-state index contributed by atoms with van der Waals surface area (Å²) in [6.07, 6.45) is 1.61.